The first-order valence-electron chi connectivity index (χ1n) is 8.17. The second-order valence-electron chi connectivity index (χ2n) is 6.29. The second-order valence-corrected chi connectivity index (χ2v) is 6.70. The van der Waals surface area contributed by atoms with Gasteiger partial charge >= 0.3 is 5.63 Å². The number of H-pyrrole nitrogens is 1. The van der Waals surface area contributed by atoms with E-state index in [9.17, 15) is 9.90 Å². The highest BCUT2D eigenvalue weighted by Crippen LogP contribution is 2.41. The number of aromatic amines is 1. The minimum absolute atomic E-state index is 0.117. The molecule has 2 aromatic heterocycles. The van der Waals surface area contributed by atoms with Crippen LogP contribution in [0.4, 0.5) is 0 Å². The van der Waals surface area contributed by atoms with Crippen molar-refractivity contribution in [2.45, 2.75) is 13.8 Å². The molecule has 0 aliphatic carbocycles. The standard InChI is InChI=1S/C21H16ClNO3/c1-11-8-16-14(10-15(11)22)18(19-17(24)9-12(2)26-21(19)25)20(23-16)13-6-4-3-5-7-13/h3-10,23-24H,1-2H3. The SMILES string of the molecule is Cc1cc(O)c(-c2c(-c3ccccc3)[nH]c3cc(C)c(Cl)cc23)c(=O)o1. The van der Waals surface area contributed by atoms with E-state index >= 15 is 0 Å². The average Bonchev–Trinajstić information content (AvgIpc) is 2.94. The molecule has 4 nitrogen and oxygen atoms in total. The van der Waals surface area contributed by atoms with Crippen molar-refractivity contribution in [2.24, 2.45) is 0 Å². The maximum atomic E-state index is 12.6. The minimum Gasteiger partial charge on any atom is -0.507 e. The molecule has 0 atom stereocenters. The van der Waals surface area contributed by atoms with Crippen molar-refractivity contribution in [1.82, 2.24) is 4.98 Å². The molecule has 130 valence electrons. The Balaban J connectivity index is 2.17. The van der Waals surface area contributed by atoms with Crippen LogP contribution in [0.1, 0.15) is 11.3 Å². The Morgan fingerprint density at radius 2 is 1.77 bits per heavy atom. The molecule has 0 aliphatic heterocycles. The molecule has 0 radical (unpaired) electrons. The summed E-state index contributed by atoms with van der Waals surface area (Å²) in [5.74, 6) is 0.236. The maximum absolute atomic E-state index is 12.6. The van der Waals surface area contributed by atoms with Crippen LogP contribution in [0.3, 0.4) is 0 Å². The van der Waals surface area contributed by atoms with Crippen LogP contribution in [0.2, 0.25) is 5.02 Å². The lowest BCUT2D eigenvalue weighted by atomic mass is 9.98. The number of fused-ring (bicyclic) bond motifs is 1. The average molecular weight is 366 g/mol. The number of halogens is 1. The molecule has 26 heavy (non-hydrogen) atoms. The molecule has 0 amide bonds. The van der Waals surface area contributed by atoms with Gasteiger partial charge in [0, 0.05) is 27.6 Å². The van der Waals surface area contributed by atoms with Crippen molar-refractivity contribution in [3.63, 3.8) is 0 Å². The van der Waals surface area contributed by atoms with Gasteiger partial charge in [0.25, 0.3) is 0 Å². The van der Waals surface area contributed by atoms with Crippen molar-refractivity contribution in [2.75, 3.05) is 0 Å². The van der Waals surface area contributed by atoms with Gasteiger partial charge in [0.05, 0.1) is 5.69 Å². The van der Waals surface area contributed by atoms with Crippen LogP contribution in [-0.4, -0.2) is 10.1 Å². The fourth-order valence-electron chi connectivity index (χ4n) is 3.23. The van der Waals surface area contributed by atoms with Gasteiger partial charge in [-0.25, -0.2) is 4.79 Å². The Hall–Kier alpha value is -2.98. The Kier molecular flexibility index (Phi) is 3.85. The molecular formula is C21H16ClNO3. The third kappa shape index (κ3) is 2.59. The number of hydrogen-bond donors (Lipinski definition) is 2. The minimum atomic E-state index is -0.586. The quantitative estimate of drug-likeness (QED) is 0.497. The molecule has 4 rings (SSSR count). The van der Waals surface area contributed by atoms with Gasteiger partial charge in [0.15, 0.2) is 0 Å². The topological polar surface area (TPSA) is 66.2 Å². The molecule has 2 heterocycles. The molecule has 0 saturated carbocycles. The van der Waals surface area contributed by atoms with Gasteiger partial charge in [-0.3, -0.25) is 0 Å². The number of aryl methyl sites for hydroxylation is 2. The van der Waals surface area contributed by atoms with Gasteiger partial charge in [-0.05, 0) is 37.1 Å². The number of hydrogen-bond acceptors (Lipinski definition) is 3. The molecule has 0 spiro atoms. The van der Waals surface area contributed by atoms with Crippen LogP contribution in [0, 0.1) is 13.8 Å². The third-order valence-electron chi connectivity index (χ3n) is 4.44. The summed E-state index contributed by atoms with van der Waals surface area (Å²) in [6, 6.07) is 14.8. The normalized spacial score (nSPS) is 11.2. The Bertz CT molecular complexity index is 1190. The van der Waals surface area contributed by atoms with Crippen LogP contribution in [0.15, 0.2) is 57.7 Å². The molecule has 0 unspecified atom stereocenters. The zero-order valence-corrected chi connectivity index (χ0v) is 15.0. The largest absolute Gasteiger partial charge is 0.507 e. The Morgan fingerprint density at radius 1 is 1.04 bits per heavy atom. The zero-order valence-electron chi connectivity index (χ0n) is 14.3. The number of aromatic nitrogens is 1. The van der Waals surface area contributed by atoms with Crippen molar-refractivity contribution in [3.05, 3.63) is 75.3 Å². The van der Waals surface area contributed by atoms with E-state index in [1.54, 1.807) is 6.92 Å². The summed E-state index contributed by atoms with van der Waals surface area (Å²) in [6.45, 7) is 3.54. The van der Waals surface area contributed by atoms with Gasteiger partial charge in [-0.15, -0.1) is 0 Å². The van der Waals surface area contributed by atoms with Crippen LogP contribution in [0.5, 0.6) is 5.75 Å². The number of aromatic hydroxyl groups is 1. The van der Waals surface area contributed by atoms with Crippen molar-refractivity contribution in [3.8, 4) is 28.1 Å². The molecule has 0 fully saturated rings. The second kappa shape index (κ2) is 6.07. The van der Waals surface area contributed by atoms with E-state index in [-0.39, 0.29) is 11.3 Å². The fourth-order valence-corrected chi connectivity index (χ4v) is 3.39. The molecule has 5 heteroatoms. The molecule has 0 aliphatic rings. The van der Waals surface area contributed by atoms with Crippen LogP contribution < -0.4 is 5.63 Å². The van der Waals surface area contributed by atoms with Crippen LogP contribution in [0.25, 0.3) is 33.3 Å². The lowest BCUT2D eigenvalue weighted by Crippen LogP contribution is -2.04. The molecule has 0 bridgehead atoms. The Labute approximate surface area is 154 Å². The fraction of sp³-hybridized carbons (Fsp3) is 0.0952. The number of nitrogens with one attached hydrogen (secondary N) is 1. The summed E-state index contributed by atoms with van der Waals surface area (Å²) in [6.07, 6.45) is 0. The highest BCUT2D eigenvalue weighted by Gasteiger charge is 2.22. The van der Waals surface area contributed by atoms with E-state index < -0.39 is 5.63 Å². The number of benzene rings is 2. The first kappa shape index (κ1) is 16.5. The summed E-state index contributed by atoms with van der Waals surface area (Å²) in [7, 11) is 0. The summed E-state index contributed by atoms with van der Waals surface area (Å²) >= 11 is 6.33. The molecule has 4 aromatic rings. The van der Waals surface area contributed by atoms with Crippen molar-refractivity contribution in [1.29, 1.82) is 0 Å². The van der Waals surface area contributed by atoms with E-state index in [0.717, 1.165) is 27.7 Å². The predicted molar refractivity (Wildman–Crippen MR) is 104 cm³/mol. The van der Waals surface area contributed by atoms with Gasteiger partial charge in [0.1, 0.15) is 17.1 Å². The molecule has 2 N–H and O–H groups in total. The summed E-state index contributed by atoms with van der Waals surface area (Å²) in [5.41, 5.74) is 3.50. The van der Waals surface area contributed by atoms with E-state index in [1.807, 2.05) is 49.4 Å². The monoisotopic (exact) mass is 365 g/mol. The van der Waals surface area contributed by atoms with E-state index in [0.29, 0.717) is 16.3 Å². The maximum Gasteiger partial charge on any atom is 0.347 e. The van der Waals surface area contributed by atoms with Crippen molar-refractivity contribution < 1.29 is 9.52 Å². The van der Waals surface area contributed by atoms with Crippen molar-refractivity contribution >= 4 is 22.5 Å². The zero-order chi connectivity index (χ0) is 18.4. The van der Waals surface area contributed by atoms with Gasteiger partial charge in [-0.1, -0.05) is 41.9 Å². The Morgan fingerprint density at radius 3 is 2.46 bits per heavy atom. The molecule has 2 aromatic carbocycles. The van der Waals surface area contributed by atoms with Gasteiger partial charge in [0.2, 0.25) is 0 Å². The summed E-state index contributed by atoms with van der Waals surface area (Å²) in [4.78, 5) is 15.9. The van der Waals surface area contributed by atoms with Gasteiger partial charge in [-0.2, -0.15) is 0 Å². The van der Waals surface area contributed by atoms with E-state index in [1.165, 1.54) is 6.07 Å². The lowest BCUT2D eigenvalue weighted by molar-refractivity contribution is 0.438. The van der Waals surface area contributed by atoms with Crippen LogP contribution >= 0.6 is 11.6 Å². The smallest absolute Gasteiger partial charge is 0.347 e. The summed E-state index contributed by atoms with van der Waals surface area (Å²) < 4.78 is 5.24. The van der Waals surface area contributed by atoms with Gasteiger partial charge < -0.3 is 14.5 Å². The first-order valence-corrected chi connectivity index (χ1v) is 8.55. The highest BCUT2D eigenvalue weighted by molar-refractivity contribution is 6.32. The third-order valence-corrected chi connectivity index (χ3v) is 4.85. The number of rotatable bonds is 2. The molecular weight excluding hydrogens is 350 g/mol. The van der Waals surface area contributed by atoms with E-state index in [2.05, 4.69) is 4.98 Å². The highest BCUT2D eigenvalue weighted by atomic mass is 35.5. The molecule has 0 saturated heterocycles. The predicted octanol–water partition coefficient (Wildman–Crippen LogP) is 5.43. The lowest BCUT2D eigenvalue weighted by Gasteiger charge is -2.07. The summed E-state index contributed by atoms with van der Waals surface area (Å²) in [5, 5.41) is 11.8. The first-order chi connectivity index (χ1) is 12.5. The van der Waals surface area contributed by atoms with Crippen LogP contribution in [-0.2, 0) is 0 Å². The van der Waals surface area contributed by atoms with E-state index in [4.69, 9.17) is 16.0 Å².